The quantitative estimate of drug-likeness (QED) is 0.395. The van der Waals surface area contributed by atoms with Crippen LogP contribution in [0.25, 0.3) is 0 Å². The molecular weight excluding hydrogens is 382 g/mol. The number of nitrogens with zero attached hydrogens (tertiary/aromatic N) is 1. The Balaban J connectivity index is 1.94. The van der Waals surface area contributed by atoms with Gasteiger partial charge in [0, 0.05) is 12.5 Å². The molecule has 3 rings (SSSR count). The Hall–Kier alpha value is -1.84. The second kappa shape index (κ2) is 12.3. The summed E-state index contributed by atoms with van der Waals surface area (Å²) in [5.41, 5.74) is 1.36. The maximum Gasteiger partial charge on any atom is 0.119 e. The van der Waals surface area contributed by atoms with Gasteiger partial charge in [-0.3, -0.25) is 0 Å². The van der Waals surface area contributed by atoms with E-state index in [0.717, 1.165) is 43.8 Å². The highest BCUT2D eigenvalue weighted by Gasteiger charge is 2.40. The van der Waals surface area contributed by atoms with Crippen molar-refractivity contribution in [2.75, 3.05) is 26.2 Å². The lowest BCUT2D eigenvalue weighted by molar-refractivity contribution is -0.0167. The molecule has 0 unspecified atom stereocenters. The topological polar surface area (TPSA) is 32.7 Å². The molecule has 2 aromatic rings. The van der Waals surface area contributed by atoms with E-state index in [-0.39, 0.29) is 5.92 Å². The molecule has 0 aliphatic carbocycles. The monoisotopic (exact) mass is 423 g/mol. The number of likely N-dealkylation sites (tertiary alicyclic amines) is 1. The maximum absolute atomic E-state index is 12.4. The number of hydrogen-bond acceptors (Lipinski definition) is 3. The number of hydrogen-bond donors (Lipinski definition) is 1. The molecule has 2 atom stereocenters. The van der Waals surface area contributed by atoms with Crippen LogP contribution in [0, 0.1) is 0 Å². The average Bonchev–Trinajstić information content (AvgIpc) is 2.82. The van der Waals surface area contributed by atoms with Gasteiger partial charge in [0.25, 0.3) is 0 Å². The van der Waals surface area contributed by atoms with Gasteiger partial charge in [0.15, 0.2) is 0 Å². The molecule has 1 heterocycles. The first-order chi connectivity index (χ1) is 15.2. The number of rotatable bonds is 12. The summed E-state index contributed by atoms with van der Waals surface area (Å²) in [7, 11) is 0. The van der Waals surface area contributed by atoms with Gasteiger partial charge in [0.05, 0.1) is 12.2 Å². The molecule has 31 heavy (non-hydrogen) atoms. The smallest absolute Gasteiger partial charge is 0.119 e. The Kier molecular flexibility index (Phi) is 9.42. The van der Waals surface area contributed by atoms with Crippen LogP contribution in [-0.4, -0.2) is 36.2 Å². The predicted molar refractivity (Wildman–Crippen MR) is 130 cm³/mol. The lowest BCUT2D eigenvalue weighted by Crippen LogP contribution is -2.42. The van der Waals surface area contributed by atoms with Gasteiger partial charge in [-0.2, -0.15) is 0 Å². The van der Waals surface area contributed by atoms with Crippen LogP contribution in [0.2, 0.25) is 0 Å². The summed E-state index contributed by atoms with van der Waals surface area (Å²) in [5.74, 6) is 0.915. The normalized spacial score (nSPS) is 17.8. The highest BCUT2D eigenvalue weighted by atomic mass is 16.5. The van der Waals surface area contributed by atoms with Gasteiger partial charge >= 0.3 is 0 Å². The van der Waals surface area contributed by atoms with Gasteiger partial charge in [-0.25, -0.2) is 0 Å². The Morgan fingerprint density at radius 3 is 2.26 bits per heavy atom. The van der Waals surface area contributed by atoms with Gasteiger partial charge in [0.1, 0.15) is 5.75 Å². The number of aliphatic hydroxyl groups is 1. The van der Waals surface area contributed by atoms with Gasteiger partial charge in [-0.15, -0.1) is 0 Å². The van der Waals surface area contributed by atoms with E-state index in [2.05, 4.69) is 54.3 Å². The number of ether oxygens (including phenoxy) is 1. The van der Waals surface area contributed by atoms with Crippen LogP contribution in [0.4, 0.5) is 0 Å². The Morgan fingerprint density at radius 2 is 1.61 bits per heavy atom. The fourth-order valence-corrected chi connectivity index (χ4v) is 4.97. The molecule has 170 valence electrons. The lowest BCUT2D eigenvalue weighted by atomic mass is 9.73. The molecule has 0 spiro atoms. The van der Waals surface area contributed by atoms with E-state index in [1.54, 1.807) is 0 Å². The molecule has 0 radical (unpaired) electrons. The van der Waals surface area contributed by atoms with Crippen LogP contribution in [0.5, 0.6) is 5.75 Å². The highest BCUT2D eigenvalue weighted by molar-refractivity contribution is 5.35. The molecule has 3 nitrogen and oxygen atoms in total. The van der Waals surface area contributed by atoms with E-state index >= 15 is 0 Å². The molecule has 0 bridgehead atoms. The summed E-state index contributed by atoms with van der Waals surface area (Å²) < 4.78 is 5.66. The minimum absolute atomic E-state index is 0.0476. The fraction of sp³-hybridized carbons (Fsp3) is 0.571. The summed E-state index contributed by atoms with van der Waals surface area (Å²) in [6, 6.07) is 18.9. The molecule has 1 aliphatic rings. The van der Waals surface area contributed by atoms with Crippen molar-refractivity contribution in [1.29, 1.82) is 0 Å². The van der Waals surface area contributed by atoms with Crippen molar-refractivity contribution in [1.82, 2.24) is 4.90 Å². The number of benzene rings is 2. The first-order valence-corrected chi connectivity index (χ1v) is 12.4. The molecule has 1 saturated heterocycles. The van der Waals surface area contributed by atoms with Gasteiger partial charge in [-0.1, -0.05) is 81.5 Å². The van der Waals surface area contributed by atoms with Gasteiger partial charge in [0.2, 0.25) is 0 Å². The zero-order valence-corrected chi connectivity index (χ0v) is 19.6. The van der Waals surface area contributed by atoms with Crippen molar-refractivity contribution >= 4 is 0 Å². The van der Waals surface area contributed by atoms with E-state index in [1.807, 2.05) is 19.1 Å². The predicted octanol–water partition coefficient (Wildman–Crippen LogP) is 6.51. The summed E-state index contributed by atoms with van der Waals surface area (Å²) in [4.78, 5) is 2.56. The van der Waals surface area contributed by atoms with Crippen LogP contribution in [0.3, 0.4) is 0 Å². The molecule has 3 heteroatoms. The van der Waals surface area contributed by atoms with Crippen LogP contribution >= 0.6 is 0 Å². The second-order valence-corrected chi connectivity index (χ2v) is 9.02. The van der Waals surface area contributed by atoms with Crippen LogP contribution in [-0.2, 0) is 5.60 Å². The molecule has 0 aromatic heterocycles. The van der Waals surface area contributed by atoms with Crippen LogP contribution in [0.1, 0.15) is 82.3 Å². The molecular formula is C28H41NO2. The minimum Gasteiger partial charge on any atom is -0.494 e. The van der Waals surface area contributed by atoms with Gasteiger partial charge in [-0.05, 0) is 62.5 Å². The summed E-state index contributed by atoms with van der Waals surface area (Å²) in [6.07, 6.45) is 9.28. The molecule has 0 amide bonds. The number of piperidine rings is 1. The third-order valence-electron chi connectivity index (χ3n) is 6.74. The van der Waals surface area contributed by atoms with Gasteiger partial charge < -0.3 is 14.7 Å². The van der Waals surface area contributed by atoms with Crippen LogP contribution < -0.4 is 4.74 Å². The van der Waals surface area contributed by atoms with Crippen molar-refractivity contribution < 1.29 is 9.84 Å². The first kappa shape index (κ1) is 23.8. The first-order valence-electron chi connectivity index (χ1n) is 12.4. The Morgan fingerprint density at radius 1 is 0.903 bits per heavy atom. The lowest BCUT2D eigenvalue weighted by Gasteiger charge is -2.41. The SMILES string of the molecule is CCCCCC[C@@](O)(c1ccc(OCC)cc1)[C@@H](CN1CCCCC1)c1ccccc1. The molecule has 1 aliphatic heterocycles. The third-order valence-corrected chi connectivity index (χ3v) is 6.74. The molecule has 2 aromatic carbocycles. The number of unbranched alkanes of at least 4 members (excludes halogenated alkanes) is 3. The van der Waals surface area contributed by atoms with E-state index in [4.69, 9.17) is 4.74 Å². The standard InChI is InChI=1S/C28H41NO2/c1-3-5-6-11-20-28(30,25-16-18-26(19-17-25)31-4-2)27(24-14-9-7-10-15-24)23-29-21-12-8-13-22-29/h7,9-10,14-19,27,30H,3-6,8,11-13,20-23H2,1-2H3/t27-,28+/m0/s1. The van der Waals surface area contributed by atoms with E-state index in [0.29, 0.717) is 6.61 Å². The van der Waals surface area contributed by atoms with Crippen molar-refractivity contribution in [3.63, 3.8) is 0 Å². The maximum atomic E-state index is 12.4. The van der Waals surface area contributed by atoms with Crippen molar-refractivity contribution in [2.24, 2.45) is 0 Å². The fourth-order valence-electron chi connectivity index (χ4n) is 4.97. The van der Waals surface area contributed by atoms with Crippen molar-refractivity contribution in [3.05, 3.63) is 65.7 Å². The van der Waals surface area contributed by atoms with Crippen molar-refractivity contribution in [2.45, 2.75) is 76.7 Å². The summed E-state index contributed by atoms with van der Waals surface area (Å²) in [5, 5.41) is 12.4. The Labute approximate surface area is 189 Å². The zero-order valence-electron chi connectivity index (χ0n) is 19.6. The third kappa shape index (κ3) is 6.57. The van der Waals surface area contributed by atoms with Crippen molar-refractivity contribution in [3.8, 4) is 5.75 Å². The minimum atomic E-state index is -0.892. The van der Waals surface area contributed by atoms with Crippen LogP contribution in [0.15, 0.2) is 54.6 Å². The average molecular weight is 424 g/mol. The highest BCUT2D eigenvalue weighted by Crippen LogP contribution is 2.42. The second-order valence-electron chi connectivity index (χ2n) is 9.02. The van der Waals surface area contributed by atoms with E-state index < -0.39 is 5.60 Å². The summed E-state index contributed by atoms with van der Waals surface area (Å²) >= 11 is 0. The zero-order chi connectivity index (χ0) is 21.9. The summed E-state index contributed by atoms with van der Waals surface area (Å²) in [6.45, 7) is 8.07. The molecule has 1 fully saturated rings. The molecule has 0 saturated carbocycles. The molecule has 1 N–H and O–H groups in total. The van der Waals surface area contributed by atoms with E-state index in [9.17, 15) is 5.11 Å². The van der Waals surface area contributed by atoms with E-state index in [1.165, 1.54) is 44.1 Å². The largest absolute Gasteiger partial charge is 0.494 e. The Bertz CT molecular complexity index is 739.